The molecule has 0 aromatic heterocycles. The van der Waals surface area contributed by atoms with Gasteiger partial charge >= 0.3 is 0 Å². The number of hydrogen-bond acceptors (Lipinski definition) is 4. The third kappa shape index (κ3) is 3.18. The third-order valence-corrected chi connectivity index (χ3v) is 3.76. The summed E-state index contributed by atoms with van der Waals surface area (Å²) in [7, 11) is -0.884. The molecule has 0 rings (SSSR count). The Bertz CT molecular complexity index is 251. The quantitative estimate of drug-likeness (QED) is 0.515. The van der Waals surface area contributed by atoms with Crippen LogP contribution in [-0.2, 0) is 10.2 Å². The first-order valence-electron chi connectivity index (χ1n) is 4.26. The van der Waals surface area contributed by atoms with Gasteiger partial charge in [-0.25, -0.2) is 0 Å². The first kappa shape index (κ1) is 13.8. The summed E-state index contributed by atoms with van der Waals surface area (Å²) in [4.78, 5) is 0. The highest BCUT2D eigenvalue weighted by Crippen LogP contribution is 2.10. The van der Waals surface area contributed by atoms with Gasteiger partial charge in [0.15, 0.2) is 0 Å². The zero-order valence-electron chi connectivity index (χ0n) is 8.69. The van der Waals surface area contributed by atoms with Crippen LogP contribution in [0.3, 0.4) is 0 Å². The summed E-state index contributed by atoms with van der Waals surface area (Å²) < 4.78 is 26.1. The minimum absolute atomic E-state index is 0.313. The van der Waals surface area contributed by atoms with Gasteiger partial charge in [0, 0.05) is 14.1 Å². The van der Waals surface area contributed by atoms with Crippen LogP contribution in [-0.4, -0.2) is 55.8 Å². The molecule has 0 heterocycles. The molecule has 0 aromatic carbocycles. The Morgan fingerprint density at radius 3 is 1.93 bits per heavy atom. The van der Waals surface area contributed by atoms with Crippen molar-refractivity contribution in [2.75, 3.05) is 27.3 Å². The Kier molecular flexibility index (Phi) is 4.96. The van der Waals surface area contributed by atoms with Gasteiger partial charge < -0.3 is 10.2 Å². The number of nitrogens with zero attached hydrogens (tertiary/aromatic N) is 1. The van der Waals surface area contributed by atoms with Gasteiger partial charge in [0.1, 0.15) is 0 Å². The monoisotopic (exact) mass is 226 g/mol. The van der Waals surface area contributed by atoms with E-state index in [9.17, 15) is 8.42 Å². The molecule has 0 saturated carbocycles. The average Bonchev–Trinajstić information content (AvgIpc) is 2.14. The van der Waals surface area contributed by atoms with Gasteiger partial charge in [-0.15, -0.1) is 0 Å². The molecule has 0 aliphatic heterocycles. The van der Waals surface area contributed by atoms with Crippen LogP contribution in [0.2, 0.25) is 0 Å². The van der Waals surface area contributed by atoms with E-state index < -0.39 is 29.0 Å². The van der Waals surface area contributed by atoms with Crippen molar-refractivity contribution in [3.63, 3.8) is 0 Å². The van der Waals surface area contributed by atoms with E-state index in [1.165, 1.54) is 14.1 Å². The lowest BCUT2D eigenvalue weighted by atomic mass is 10.0. The molecule has 0 aliphatic rings. The first-order valence-corrected chi connectivity index (χ1v) is 5.70. The maximum atomic E-state index is 11.4. The molecule has 0 atom stereocenters. The predicted molar refractivity (Wildman–Crippen MR) is 52.9 cm³/mol. The summed E-state index contributed by atoms with van der Waals surface area (Å²) in [6.07, 6.45) is 0.313. The lowest BCUT2D eigenvalue weighted by Crippen LogP contribution is -2.56. The number of hydrogen-bond donors (Lipinski definition) is 3. The van der Waals surface area contributed by atoms with E-state index in [-0.39, 0.29) is 0 Å². The third-order valence-electron chi connectivity index (χ3n) is 2.11. The Labute approximate surface area is 84.7 Å². The maximum Gasteiger partial charge on any atom is 0.279 e. The molecule has 86 valence electrons. The van der Waals surface area contributed by atoms with Crippen molar-refractivity contribution in [1.82, 2.24) is 9.03 Å². The van der Waals surface area contributed by atoms with Crippen molar-refractivity contribution >= 4 is 10.2 Å². The van der Waals surface area contributed by atoms with E-state index >= 15 is 0 Å². The number of aliphatic hydroxyl groups is 2. The lowest BCUT2D eigenvalue weighted by molar-refractivity contribution is 0.104. The Morgan fingerprint density at radius 1 is 1.29 bits per heavy atom. The highest BCUT2D eigenvalue weighted by molar-refractivity contribution is 7.87. The van der Waals surface area contributed by atoms with E-state index in [1.54, 1.807) is 6.92 Å². The number of nitrogens with one attached hydrogen (secondary N) is 1. The van der Waals surface area contributed by atoms with Crippen LogP contribution < -0.4 is 4.72 Å². The summed E-state index contributed by atoms with van der Waals surface area (Å²) in [5.74, 6) is 0. The smallest absolute Gasteiger partial charge is 0.279 e. The molecule has 0 unspecified atom stereocenters. The molecular formula is C7H18N2O4S. The summed E-state index contributed by atoms with van der Waals surface area (Å²) in [5, 5.41) is 18.0. The first-order chi connectivity index (χ1) is 6.33. The molecule has 3 N–H and O–H groups in total. The van der Waals surface area contributed by atoms with Crippen molar-refractivity contribution in [3.8, 4) is 0 Å². The molecular weight excluding hydrogens is 208 g/mol. The minimum Gasteiger partial charge on any atom is -0.394 e. The van der Waals surface area contributed by atoms with E-state index in [2.05, 4.69) is 4.72 Å². The molecule has 0 aromatic rings. The van der Waals surface area contributed by atoms with Crippen molar-refractivity contribution in [1.29, 1.82) is 0 Å². The molecule has 0 bridgehead atoms. The molecule has 0 fully saturated rings. The number of rotatable bonds is 6. The molecule has 7 heteroatoms. The van der Waals surface area contributed by atoms with Crippen molar-refractivity contribution in [2.24, 2.45) is 0 Å². The van der Waals surface area contributed by atoms with Gasteiger partial charge in [0.2, 0.25) is 0 Å². The molecule has 0 radical (unpaired) electrons. The van der Waals surface area contributed by atoms with Gasteiger partial charge in [-0.3, -0.25) is 0 Å². The van der Waals surface area contributed by atoms with Gasteiger partial charge in [-0.05, 0) is 6.42 Å². The fourth-order valence-corrected chi connectivity index (χ4v) is 1.78. The second-order valence-electron chi connectivity index (χ2n) is 3.34. The summed E-state index contributed by atoms with van der Waals surface area (Å²) >= 11 is 0. The van der Waals surface area contributed by atoms with Crippen LogP contribution >= 0.6 is 0 Å². The molecule has 0 spiro atoms. The SMILES string of the molecule is CCC(CO)(CO)NS(=O)(=O)N(C)C. The van der Waals surface area contributed by atoms with Gasteiger partial charge in [-0.1, -0.05) is 6.92 Å². The fraction of sp³-hybridized carbons (Fsp3) is 1.00. The number of aliphatic hydroxyl groups excluding tert-OH is 2. The summed E-state index contributed by atoms with van der Waals surface area (Å²) in [5.41, 5.74) is -1.18. The average molecular weight is 226 g/mol. The Balaban J connectivity index is 4.78. The molecule has 14 heavy (non-hydrogen) atoms. The zero-order chi connectivity index (χ0) is 11.4. The van der Waals surface area contributed by atoms with Gasteiger partial charge in [0.05, 0.1) is 18.8 Å². The van der Waals surface area contributed by atoms with E-state index in [4.69, 9.17) is 10.2 Å². The standard InChI is InChI=1S/C7H18N2O4S/c1-4-7(5-10,6-11)8-14(12,13)9(2)3/h8,10-11H,4-6H2,1-3H3. The van der Waals surface area contributed by atoms with Crippen LogP contribution in [0.25, 0.3) is 0 Å². The predicted octanol–water partition coefficient (Wildman–Crippen LogP) is -1.48. The van der Waals surface area contributed by atoms with E-state index in [0.29, 0.717) is 6.42 Å². The van der Waals surface area contributed by atoms with E-state index in [0.717, 1.165) is 4.31 Å². The fourth-order valence-electron chi connectivity index (χ4n) is 0.775. The van der Waals surface area contributed by atoms with Gasteiger partial charge in [0.25, 0.3) is 10.2 Å². The van der Waals surface area contributed by atoms with Crippen LogP contribution in [0.1, 0.15) is 13.3 Å². The van der Waals surface area contributed by atoms with Crippen molar-refractivity contribution in [3.05, 3.63) is 0 Å². The Morgan fingerprint density at radius 2 is 1.71 bits per heavy atom. The normalized spacial score (nSPS) is 13.6. The second-order valence-corrected chi connectivity index (χ2v) is 5.22. The van der Waals surface area contributed by atoms with E-state index in [1.807, 2.05) is 0 Å². The van der Waals surface area contributed by atoms with Crippen LogP contribution in [0, 0.1) is 0 Å². The van der Waals surface area contributed by atoms with Crippen molar-refractivity contribution < 1.29 is 18.6 Å². The highest BCUT2D eigenvalue weighted by Gasteiger charge is 2.32. The second kappa shape index (κ2) is 5.04. The van der Waals surface area contributed by atoms with Crippen molar-refractivity contribution in [2.45, 2.75) is 18.9 Å². The lowest BCUT2D eigenvalue weighted by Gasteiger charge is -2.30. The maximum absolute atomic E-state index is 11.4. The van der Waals surface area contributed by atoms with Gasteiger partial charge in [-0.2, -0.15) is 17.4 Å². The van der Waals surface area contributed by atoms with Crippen LogP contribution in [0.4, 0.5) is 0 Å². The largest absolute Gasteiger partial charge is 0.394 e. The summed E-state index contributed by atoms with van der Waals surface area (Å²) in [6, 6.07) is 0. The zero-order valence-corrected chi connectivity index (χ0v) is 9.50. The van der Waals surface area contributed by atoms with Crippen LogP contribution in [0.15, 0.2) is 0 Å². The topological polar surface area (TPSA) is 89.9 Å². The Hall–Kier alpha value is -0.210. The summed E-state index contributed by atoms with van der Waals surface area (Å²) in [6.45, 7) is 0.810. The van der Waals surface area contributed by atoms with Crippen LogP contribution in [0.5, 0.6) is 0 Å². The molecule has 0 amide bonds. The molecule has 6 nitrogen and oxygen atoms in total. The molecule has 0 saturated heterocycles. The highest BCUT2D eigenvalue weighted by atomic mass is 32.2. The molecule has 0 aliphatic carbocycles. The minimum atomic E-state index is -3.63.